The van der Waals surface area contributed by atoms with E-state index in [-0.39, 0.29) is 0 Å². The van der Waals surface area contributed by atoms with E-state index in [1.165, 1.54) is 110 Å². The molecule has 0 fully saturated rings. The summed E-state index contributed by atoms with van der Waals surface area (Å²) in [4.78, 5) is 0. The first kappa shape index (κ1) is 35.3. The molecule has 0 radical (unpaired) electrons. The maximum absolute atomic E-state index is 2.46. The van der Waals surface area contributed by atoms with Gasteiger partial charge in [-0.15, -0.1) is 0 Å². The fourth-order valence-corrected chi connectivity index (χ4v) is 10.2. The first-order valence-electron chi connectivity index (χ1n) is 21.5. The van der Waals surface area contributed by atoms with Crippen LogP contribution in [0.25, 0.3) is 110 Å². The van der Waals surface area contributed by atoms with E-state index in [1.807, 2.05) is 0 Å². The van der Waals surface area contributed by atoms with E-state index in [0.717, 1.165) is 18.5 Å². The number of fused-ring (bicyclic) bond motifs is 8. The lowest BCUT2D eigenvalue weighted by Crippen LogP contribution is -1.99. The summed E-state index contributed by atoms with van der Waals surface area (Å²) in [6, 6.07) is 78.4. The number of para-hydroxylation sites is 3. The highest BCUT2D eigenvalue weighted by atomic mass is 15.0. The number of aryl methyl sites for hydroxylation is 1. The van der Waals surface area contributed by atoms with E-state index in [1.54, 1.807) is 0 Å². The van der Waals surface area contributed by atoms with Crippen LogP contribution >= 0.6 is 0 Å². The minimum atomic E-state index is 1.05. The second kappa shape index (κ2) is 14.3. The Balaban J connectivity index is 0.983. The topological polar surface area (TPSA) is 9.86 Å². The molecule has 0 N–H and O–H groups in total. The van der Waals surface area contributed by atoms with Crippen LogP contribution in [0, 0.1) is 0 Å². The van der Waals surface area contributed by atoms with Crippen LogP contribution in [0.1, 0.15) is 18.9 Å². The zero-order chi connectivity index (χ0) is 40.4. The molecule has 0 aliphatic carbocycles. The van der Waals surface area contributed by atoms with Gasteiger partial charge in [-0.05, 0) is 122 Å². The fraction of sp³-hybridized carbons (Fsp3) is 0.0508. The normalized spacial score (nSPS) is 11.8. The van der Waals surface area contributed by atoms with Gasteiger partial charge in [-0.3, -0.25) is 0 Å². The van der Waals surface area contributed by atoms with Gasteiger partial charge in [-0.1, -0.05) is 171 Å². The highest BCUT2D eigenvalue weighted by molar-refractivity contribution is 6.21. The molecule has 2 heteroatoms. The number of benzene rings is 10. The van der Waals surface area contributed by atoms with Gasteiger partial charge in [0.05, 0.1) is 22.1 Å². The lowest BCUT2D eigenvalue weighted by atomic mass is 9.86. The number of rotatable bonds is 7. The van der Waals surface area contributed by atoms with Crippen molar-refractivity contribution in [1.82, 2.24) is 9.13 Å². The first-order valence-corrected chi connectivity index (χ1v) is 21.5. The standard InChI is InChI=1S/C59H42N2/c1-2-16-39-17-6-13-26-53(39)61-55-28-15-12-21-46(55)52-38-43(32-36-57(52)61)42-31-35-56-51(37-42)45-20-11-14-27-54(45)60(56)44-33-29-41(30-34-44)59-49-24-9-7-22-47(49)58(40-18-4-3-5-19-40)48-23-8-10-25-50(48)59/h3-15,17-38H,2,16H2,1H3. The van der Waals surface area contributed by atoms with Gasteiger partial charge in [0.25, 0.3) is 0 Å². The van der Waals surface area contributed by atoms with Gasteiger partial charge in [0.15, 0.2) is 0 Å². The Morgan fingerprint density at radius 1 is 0.311 bits per heavy atom. The largest absolute Gasteiger partial charge is 0.309 e. The van der Waals surface area contributed by atoms with Crippen molar-refractivity contribution in [3.05, 3.63) is 218 Å². The fourth-order valence-electron chi connectivity index (χ4n) is 10.2. The highest BCUT2D eigenvalue weighted by Gasteiger charge is 2.19. The number of hydrogen-bond acceptors (Lipinski definition) is 0. The maximum atomic E-state index is 2.46. The van der Waals surface area contributed by atoms with Crippen LogP contribution in [0.2, 0.25) is 0 Å². The summed E-state index contributed by atoms with van der Waals surface area (Å²) in [7, 11) is 0. The van der Waals surface area contributed by atoms with Gasteiger partial charge in [-0.2, -0.15) is 0 Å². The van der Waals surface area contributed by atoms with Crippen molar-refractivity contribution < 1.29 is 0 Å². The van der Waals surface area contributed by atoms with Crippen molar-refractivity contribution in [1.29, 1.82) is 0 Å². The van der Waals surface area contributed by atoms with Gasteiger partial charge < -0.3 is 9.13 Å². The van der Waals surface area contributed by atoms with E-state index >= 15 is 0 Å². The molecule has 0 aliphatic rings. The summed E-state index contributed by atoms with van der Waals surface area (Å²) in [6.07, 6.45) is 2.17. The molecular formula is C59H42N2. The van der Waals surface area contributed by atoms with Crippen LogP contribution in [0.3, 0.4) is 0 Å². The zero-order valence-electron chi connectivity index (χ0n) is 34.0. The molecule has 0 unspecified atom stereocenters. The molecule has 288 valence electrons. The third-order valence-corrected chi connectivity index (χ3v) is 12.8. The molecule has 0 aliphatic heterocycles. The van der Waals surface area contributed by atoms with E-state index in [0.29, 0.717) is 0 Å². The predicted octanol–water partition coefficient (Wildman–Crippen LogP) is 16.1. The van der Waals surface area contributed by atoms with Gasteiger partial charge in [-0.25, -0.2) is 0 Å². The molecule has 0 amide bonds. The second-order valence-electron chi connectivity index (χ2n) is 16.3. The molecule has 2 aromatic heterocycles. The van der Waals surface area contributed by atoms with Crippen LogP contribution in [0.5, 0.6) is 0 Å². The van der Waals surface area contributed by atoms with Crippen molar-refractivity contribution in [2.45, 2.75) is 19.8 Å². The molecule has 12 aromatic rings. The zero-order valence-corrected chi connectivity index (χ0v) is 34.0. The molecule has 0 atom stereocenters. The second-order valence-corrected chi connectivity index (χ2v) is 16.3. The first-order chi connectivity index (χ1) is 30.2. The van der Waals surface area contributed by atoms with E-state index in [4.69, 9.17) is 0 Å². The van der Waals surface area contributed by atoms with Crippen LogP contribution in [0.15, 0.2) is 212 Å². The molecule has 0 saturated carbocycles. The van der Waals surface area contributed by atoms with E-state index < -0.39 is 0 Å². The van der Waals surface area contributed by atoms with Gasteiger partial charge in [0.1, 0.15) is 0 Å². The van der Waals surface area contributed by atoms with Crippen LogP contribution in [-0.4, -0.2) is 9.13 Å². The predicted molar refractivity (Wildman–Crippen MR) is 260 cm³/mol. The SMILES string of the molecule is CCCc1ccccc1-n1c2ccccc2c2cc(-c3ccc4c(c3)c3ccccc3n4-c3ccc(-c4c5ccccc5c(-c5ccccc5)c5ccccc45)cc3)ccc21. The van der Waals surface area contributed by atoms with Crippen molar-refractivity contribution in [3.8, 4) is 44.8 Å². The van der Waals surface area contributed by atoms with Crippen LogP contribution in [-0.2, 0) is 6.42 Å². The quantitative estimate of drug-likeness (QED) is 0.143. The average molecular weight is 779 g/mol. The van der Waals surface area contributed by atoms with Crippen molar-refractivity contribution in [3.63, 3.8) is 0 Å². The molecule has 10 aromatic carbocycles. The minimum Gasteiger partial charge on any atom is -0.309 e. The molecule has 61 heavy (non-hydrogen) atoms. The molecule has 0 bridgehead atoms. The van der Waals surface area contributed by atoms with Crippen LogP contribution in [0.4, 0.5) is 0 Å². The molecule has 12 rings (SSSR count). The Bertz CT molecular complexity index is 3580. The van der Waals surface area contributed by atoms with Crippen molar-refractivity contribution in [2.24, 2.45) is 0 Å². The summed E-state index contributed by atoms with van der Waals surface area (Å²) >= 11 is 0. The Labute approximate surface area is 355 Å². The third-order valence-electron chi connectivity index (χ3n) is 12.8. The molecule has 2 nitrogen and oxygen atoms in total. The smallest absolute Gasteiger partial charge is 0.0541 e. The lowest BCUT2D eigenvalue weighted by molar-refractivity contribution is 0.909. The number of hydrogen-bond donors (Lipinski definition) is 0. The Hall–Kier alpha value is -7.68. The summed E-state index contributed by atoms with van der Waals surface area (Å²) < 4.78 is 4.89. The Morgan fingerprint density at radius 3 is 1.28 bits per heavy atom. The monoisotopic (exact) mass is 778 g/mol. The summed E-state index contributed by atoms with van der Waals surface area (Å²) in [5.41, 5.74) is 16.1. The Kier molecular flexibility index (Phi) is 8.24. The van der Waals surface area contributed by atoms with Crippen LogP contribution < -0.4 is 0 Å². The van der Waals surface area contributed by atoms with E-state index in [2.05, 4.69) is 228 Å². The molecule has 0 saturated heterocycles. The summed E-state index contributed by atoms with van der Waals surface area (Å²) in [5.74, 6) is 0. The van der Waals surface area contributed by atoms with Gasteiger partial charge in [0, 0.05) is 32.9 Å². The molecule has 0 spiro atoms. The molecular weight excluding hydrogens is 737 g/mol. The van der Waals surface area contributed by atoms with Gasteiger partial charge >= 0.3 is 0 Å². The van der Waals surface area contributed by atoms with Crippen molar-refractivity contribution in [2.75, 3.05) is 0 Å². The number of aromatic nitrogens is 2. The van der Waals surface area contributed by atoms with Crippen molar-refractivity contribution >= 4 is 65.2 Å². The summed E-state index contributed by atoms with van der Waals surface area (Å²) in [5, 5.41) is 10.1. The molecule has 2 heterocycles. The third kappa shape index (κ3) is 5.56. The number of nitrogens with zero attached hydrogens (tertiary/aromatic N) is 2. The van der Waals surface area contributed by atoms with Gasteiger partial charge in [0.2, 0.25) is 0 Å². The average Bonchev–Trinajstić information content (AvgIpc) is 3.83. The maximum Gasteiger partial charge on any atom is 0.0541 e. The summed E-state index contributed by atoms with van der Waals surface area (Å²) in [6.45, 7) is 2.26. The highest BCUT2D eigenvalue weighted by Crippen LogP contribution is 2.44. The Morgan fingerprint density at radius 2 is 0.721 bits per heavy atom. The minimum absolute atomic E-state index is 1.05. The lowest BCUT2D eigenvalue weighted by Gasteiger charge is -2.18. The van der Waals surface area contributed by atoms with E-state index in [9.17, 15) is 0 Å².